The zero-order valence-electron chi connectivity index (χ0n) is 38.5. The van der Waals surface area contributed by atoms with Crippen molar-refractivity contribution in [2.24, 2.45) is 0 Å². The van der Waals surface area contributed by atoms with Crippen molar-refractivity contribution in [3.8, 4) is 55.6 Å². The summed E-state index contributed by atoms with van der Waals surface area (Å²) < 4.78 is 7.13. The molecule has 0 atom stereocenters. The Balaban J connectivity index is 1.04. The zero-order valence-corrected chi connectivity index (χ0v) is 38.5. The third-order valence-corrected chi connectivity index (χ3v) is 14.5. The van der Waals surface area contributed by atoms with Gasteiger partial charge in [0.25, 0.3) is 0 Å². The summed E-state index contributed by atoms with van der Waals surface area (Å²) in [6, 6.07) is 78.2. The van der Waals surface area contributed by atoms with Crippen LogP contribution in [0.4, 0.5) is 17.1 Å². The highest BCUT2D eigenvalue weighted by Crippen LogP contribution is 2.51. The molecule has 1 aromatic heterocycles. The predicted octanol–water partition coefficient (Wildman–Crippen LogP) is 18.3. The molecule has 0 unspecified atom stereocenters. The smallest absolute Gasteiger partial charge is 0.143 e. The lowest BCUT2D eigenvalue weighted by atomic mass is 9.82. The summed E-state index contributed by atoms with van der Waals surface area (Å²) in [7, 11) is 0. The molecule has 0 fully saturated rings. The molecule has 0 amide bonds. The van der Waals surface area contributed by atoms with E-state index in [1.165, 1.54) is 72.0 Å². The molecular weight excluding hydrogens is 811 g/mol. The number of fused-ring (bicyclic) bond motifs is 7. The Morgan fingerprint density at radius 1 is 0.388 bits per heavy atom. The number of furan rings is 1. The molecule has 322 valence electrons. The molecule has 0 aliphatic heterocycles. The molecule has 0 spiro atoms. The minimum absolute atomic E-state index is 0.0712. The molecule has 0 N–H and O–H groups in total. The fourth-order valence-electron chi connectivity index (χ4n) is 11.0. The highest BCUT2D eigenvalue weighted by molar-refractivity contribution is 6.18. The molecule has 0 saturated heterocycles. The van der Waals surface area contributed by atoms with Crippen LogP contribution in [0.3, 0.4) is 0 Å². The van der Waals surface area contributed by atoms with Crippen molar-refractivity contribution in [3.63, 3.8) is 0 Å². The van der Waals surface area contributed by atoms with Crippen molar-refractivity contribution in [2.45, 2.75) is 46.0 Å². The van der Waals surface area contributed by atoms with Gasteiger partial charge in [0.1, 0.15) is 11.2 Å². The van der Waals surface area contributed by atoms with Crippen LogP contribution in [-0.4, -0.2) is 0 Å². The van der Waals surface area contributed by atoms with E-state index in [1.807, 2.05) is 0 Å². The summed E-state index contributed by atoms with van der Waals surface area (Å²) >= 11 is 0. The average Bonchev–Trinajstić information content (AvgIpc) is 3.87. The molecule has 10 aromatic carbocycles. The van der Waals surface area contributed by atoms with E-state index in [0.717, 1.165) is 68.5 Å². The van der Waals surface area contributed by atoms with Crippen LogP contribution in [0.2, 0.25) is 0 Å². The Hall–Kier alpha value is -7.94. The number of nitrogens with zero attached hydrogens (tertiary/aromatic N) is 1. The Morgan fingerprint density at radius 3 is 1.76 bits per heavy atom. The van der Waals surface area contributed by atoms with Gasteiger partial charge in [0, 0.05) is 38.8 Å². The monoisotopic (exact) mass is 861 g/mol. The van der Waals surface area contributed by atoms with Gasteiger partial charge >= 0.3 is 0 Å². The van der Waals surface area contributed by atoms with Crippen LogP contribution in [0.5, 0.6) is 0 Å². The van der Waals surface area contributed by atoms with Gasteiger partial charge < -0.3 is 9.32 Å². The van der Waals surface area contributed by atoms with E-state index in [2.05, 4.69) is 245 Å². The minimum atomic E-state index is -0.0712. The largest absolute Gasteiger partial charge is 0.455 e. The lowest BCUT2D eigenvalue weighted by molar-refractivity contribution is 0.660. The van der Waals surface area contributed by atoms with E-state index in [1.54, 1.807) is 0 Å². The summed E-state index contributed by atoms with van der Waals surface area (Å²) in [5.74, 6) is 0. The number of hydrogen-bond donors (Lipinski definition) is 0. The van der Waals surface area contributed by atoms with Crippen LogP contribution in [0.15, 0.2) is 217 Å². The maximum Gasteiger partial charge on any atom is 0.143 e. The van der Waals surface area contributed by atoms with Crippen LogP contribution in [0.25, 0.3) is 88.3 Å². The summed E-state index contributed by atoms with van der Waals surface area (Å²) in [6.45, 7) is 9.19. The maximum atomic E-state index is 7.13. The summed E-state index contributed by atoms with van der Waals surface area (Å²) in [5, 5.41) is 4.70. The molecule has 0 saturated carbocycles. The molecule has 11 aromatic rings. The molecule has 67 heavy (non-hydrogen) atoms. The highest BCUT2D eigenvalue weighted by Gasteiger charge is 2.35. The normalized spacial score (nSPS) is 12.7. The van der Waals surface area contributed by atoms with Gasteiger partial charge in [0.05, 0.1) is 0 Å². The molecule has 2 heteroatoms. The third-order valence-electron chi connectivity index (χ3n) is 14.5. The zero-order chi connectivity index (χ0) is 45.2. The van der Waals surface area contributed by atoms with Crippen LogP contribution in [0, 0.1) is 0 Å². The second-order valence-electron chi connectivity index (χ2n) is 18.6. The van der Waals surface area contributed by atoms with Gasteiger partial charge in [0.2, 0.25) is 0 Å². The first-order chi connectivity index (χ1) is 32.9. The van der Waals surface area contributed by atoms with Crippen LogP contribution >= 0.6 is 0 Å². The van der Waals surface area contributed by atoms with E-state index >= 15 is 0 Å². The topological polar surface area (TPSA) is 16.4 Å². The van der Waals surface area contributed by atoms with E-state index in [9.17, 15) is 0 Å². The number of hydrogen-bond acceptors (Lipinski definition) is 2. The molecule has 2 nitrogen and oxygen atoms in total. The SMILES string of the molecule is CCc1ccccc1-c1cc2c(cc1CC)oc1c(-c3cccc4ccccc34)ccc(-c3ccc(N(c4ccc(-c5ccccc5)cc4)c4ccc5c(c4)-c4ccccc4C5(C)C)cc3)c12. The first kappa shape index (κ1) is 40.6. The molecule has 1 aliphatic rings. The first-order valence-electron chi connectivity index (χ1n) is 23.8. The quantitative estimate of drug-likeness (QED) is 0.144. The number of benzene rings is 10. The fraction of sp³-hybridized carbons (Fsp3) is 0.108. The Labute approximate surface area is 393 Å². The van der Waals surface area contributed by atoms with E-state index in [4.69, 9.17) is 4.42 Å². The standard InChI is InChI=1S/C65H51NO/c1-5-42-17-10-12-22-51(42)57-41-59-62(39-43(57)6-2)67-64-56(54-25-16-21-46-20-11-13-23-52(46)54)37-36-53(63(59)64)47-29-33-49(34-30-47)66(48-31-27-45(28-32-48)44-18-8-7-9-19-44)50-35-38-61-58(40-50)55-24-14-15-26-60(55)65(61,3)4/h7-41H,5-6H2,1-4H3. The van der Waals surface area contributed by atoms with E-state index < -0.39 is 0 Å². The summed E-state index contributed by atoms with van der Waals surface area (Å²) in [6.07, 6.45) is 1.88. The predicted molar refractivity (Wildman–Crippen MR) is 284 cm³/mol. The van der Waals surface area contributed by atoms with E-state index in [-0.39, 0.29) is 5.41 Å². The lowest BCUT2D eigenvalue weighted by Crippen LogP contribution is -2.15. The van der Waals surface area contributed by atoms with Gasteiger partial charge in [0.15, 0.2) is 0 Å². The van der Waals surface area contributed by atoms with Gasteiger partial charge in [-0.15, -0.1) is 0 Å². The molecule has 1 heterocycles. The van der Waals surface area contributed by atoms with Crippen LogP contribution in [0.1, 0.15) is 49.9 Å². The van der Waals surface area contributed by atoms with Gasteiger partial charge in [-0.3, -0.25) is 0 Å². The summed E-state index contributed by atoms with van der Waals surface area (Å²) in [4.78, 5) is 2.41. The summed E-state index contributed by atoms with van der Waals surface area (Å²) in [5.41, 5.74) is 22.6. The van der Waals surface area contributed by atoms with Gasteiger partial charge in [-0.05, 0) is 151 Å². The van der Waals surface area contributed by atoms with Gasteiger partial charge in [-0.1, -0.05) is 185 Å². The Bertz CT molecular complexity index is 3660. The number of aryl methyl sites for hydroxylation is 2. The molecule has 0 radical (unpaired) electrons. The molecule has 0 bridgehead atoms. The van der Waals surface area contributed by atoms with Crippen molar-refractivity contribution in [3.05, 3.63) is 235 Å². The number of anilines is 3. The second kappa shape index (κ2) is 16.2. The maximum absolute atomic E-state index is 7.13. The van der Waals surface area contributed by atoms with Gasteiger partial charge in [-0.25, -0.2) is 0 Å². The molecule has 1 aliphatic carbocycles. The van der Waals surface area contributed by atoms with E-state index in [0.29, 0.717) is 0 Å². The van der Waals surface area contributed by atoms with Crippen molar-refractivity contribution >= 4 is 49.8 Å². The number of rotatable bonds is 9. The highest BCUT2D eigenvalue weighted by atomic mass is 16.3. The van der Waals surface area contributed by atoms with Crippen molar-refractivity contribution < 1.29 is 4.42 Å². The fourth-order valence-corrected chi connectivity index (χ4v) is 11.0. The van der Waals surface area contributed by atoms with Gasteiger partial charge in [-0.2, -0.15) is 0 Å². The minimum Gasteiger partial charge on any atom is -0.455 e. The van der Waals surface area contributed by atoms with Crippen molar-refractivity contribution in [1.82, 2.24) is 0 Å². The molecule has 12 rings (SSSR count). The van der Waals surface area contributed by atoms with Crippen molar-refractivity contribution in [2.75, 3.05) is 4.90 Å². The Kier molecular flexibility index (Phi) is 9.80. The molecular formula is C65H51NO. The second-order valence-corrected chi connectivity index (χ2v) is 18.6. The Morgan fingerprint density at radius 2 is 0.985 bits per heavy atom. The van der Waals surface area contributed by atoms with Crippen LogP contribution in [-0.2, 0) is 18.3 Å². The average molecular weight is 862 g/mol. The first-order valence-corrected chi connectivity index (χ1v) is 23.8. The third kappa shape index (κ3) is 6.70. The lowest BCUT2D eigenvalue weighted by Gasteiger charge is -2.27. The van der Waals surface area contributed by atoms with Crippen molar-refractivity contribution in [1.29, 1.82) is 0 Å². The van der Waals surface area contributed by atoms with Crippen LogP contribution < -0.4 is 4.90 Å².